The molecule has 3 nitrogen and oxygen atoms in total. The fourth-order valence-electron chi connectivity index (χ4n) is 9.48. The van der Waals surface area contributed by atoms with Gasteiger partial charge in [0.1, 0.15) is 5.60 Å². The van der Waals surface area contributed by atoms with Gasteiger partial charge in [-0.2, -0.15) is 0 Å². The van der Waals surface area contributed by atoms with Crippen molar-refractivity contribution in [2.24, 2.45) is 40.4 Å². The summed E-state index contributed by atoms with van der Waals surface area (Å²) in [5.74, 6) is 9.05. The van der Waals surface area contributed by atoms with E-state index in [2.05, 4.69) is 66.5 Å². The van der Waals surface area contributed by atoms with Gasteiger partial charge in [0, 0.05) is 18.4 Å². The Bertz CT molecular complexity index is 878. The number of fused-ring (bicyclic) bond motifs is 5. The van der Waals surface area contributed by atoms with Crippen LogP contribution >= 0.6 is 0 Å². The summed E-state index contributed by atoms with van der Waals surface area (Å²) < 4.78 is 6.89. The van der Waals surface area contributed by atoms with Crippen molar-refractivity contribution in [2.45, 2.75) is 155 Å². The summed E-state index contributed by atoms with van der Waals surface area (Å²) in [6.45, 7) is 20.9. The third kappa shape index (κ3) is 5.26. The highest BCUT2D eigenvalue weighted by Gasteiger charge is 2.64. The van der Waals surface area contributed by atoms with Crippen LogP contribution in [0.3, 0.4) is 0 Å². The molecule has 37 heavy (non-hydrogen) atoms. The second-order valence-corrected chi connectivity index (χ2v) is 20.6. The predicted octanol–water partition coefficient (Wildman–Crippen LogP) is 7.95. The summed E-state index contributed by atoms with van der Waals surface area (Å²) in [6.07, 6.45) is 12.2. The van der Waals surface area contributed by atoms with Crippen LogP contribution in [0.25, 0.3) is 0 Å². The Hall–Kier alpha value is -0.343. The lowest BCUT2D eigenvalue weighted by molar-refractivity contribution is -0.174. The first-order chi connectivity index (χ1) is 17.1. The van der Waals surface area contributed by atoms with Crippen molar-refractivity contribution in [3.63, 3.8) is 0 Å². The lowest BCUT2D eigenvalue weighted by Gasteiger charge is -2.63. The first kappa shape index (κ1) is 29.6. The zero-order valence-corrected chi connectivity index (χ0v) is 26.6. The quantitative estimate of drug-likeness (QED) is 0.215. The van der Waals surface area contributed by atoms with E-state index in [-0.39, 0.29) is 27.9 Å². The molecule has 4 aliphatic rings. The van der Waals surface area contributed by atoms with Crippen LogP contribution in [0.1, 0.15) is 119 Å². The minimum atomic E-state index is -1.81. The molecule has 0 radical (unpaired) electrons. The molecule has 0 heterocycles. The minimum Gasteiger partial charge on any atom is -0.414 e. The number of aliphatic hydroxyl groups is 2. The van der Waals surface area contributed by atoms with Crippen LogP contribution in [0, 0.1) is 52.3 Å². The number of hydrogen-bond donors (Lipinski definition) is 2. The summed E-state index contributed by atoms with van der Waals surface area (Å²) in [4.78, 5) is 0. The molecule has 1 unspecified atom stereocenters. The van der Waals surface area contributed by atoms with E-state index in [0.29, 0.717) is 29.8 Å². The normalized spacial score (nSPS) is 43.6. The summed E-state index contributed by atoms with van der Waals surface area (Å²) in [5, 5.41) is 23.4. The van der Waals surface area contributed by atoms with E-state index in [1.807, 2.05) is 6.92 Å². The lowest BCUT2D eigenvalue weighted by atomic mass is 9.43. The zero-order valence-electron chi connectivity index (χ0n) is 25.6. The minimum absolute atomic E-state index is 0.121. The fraction of sp³-hybridized carbons (Fsp3) is 0.939. The molecule has 0 amide bonds. The van der Waals surface area contributed by atoms with Crippen molar-refractivity contribution in [1.82, 2.24) is 0 Å². The molecule has 0 bridgehead atoms. The Morgan fingerprint density at radius 2 is 1.57 bits per heavy atom. The molecule has 10 atom stereocenters. The molecular weight excluding hydrogens is 472 g/mol. The highest BCUT2D eigenvalue weighted by Crippen LogP contribution is 2.68. The maximum Gasteiger partial charge on any atom is 0.192 e. The molecule has 0 saturated heterocycles. The lowest BCUT2D eigenvalue weighted by Crippen LogP contribution is -2.59. The highest BCUT2D eigenvalue weighted by molar-refractivity contribution is 6.74. The third-order valence-electron chi connectivity index (χ3n) is 12.6. The molecule has 0 aliphatic heterocycles. The van der Waals surface area contributed by atoms with Gasteiger partial charge in [0.25, 0.3) is 0 Å². The first-order valence-corrected chi connectivity index (χ1v) is 18.6. The molecule has 4 aliphatic carbocycles. The Morgan fingerprint density at radius 3 is 2.22 bits per heavy atom. The van der Waals surface area contributed by atoms with Crippen LogP contribution in [0.15, 0.2) is 0 Å². The summed E-state index contributed by atoms with van der Waals surface area (Å²) in [6, 6.07) is 0. The molecular formula is C33H58O3Si. The van der Waals surface area contributed by atoms with E-state index in [4.69, 9.17) is 4.43 Å². The van der Waals surface area contributed by atoms with Gasteiger partial charge in [-0.15, -0.1) is 5.92 Å². The van der Waals surface area contributed by atoms with E-state index in [1.165, 1.54) is 25.7 Å². The Kier molecular flexibility index (Phi) is 8.21. The second kappa shape index (κ2) is 10.2. The Balaban J connectivity index is 1.50. The summed E-state index contributed by atoms with van der Waals surface area (Å²) >= 11 is 0. The number of unbranched alkanes of at least 4 members (excludes halogenated alkanes) is 2. The van der Waals surface area contributed by atoms with Crippen molar-refractivity contribution in [3.05, 3.63) is 0 Å². The van der Waals surface area contributed by atoms with Gasteiger partial charge in [-0.25, -0.2) is 0 Å². The molecule has 0 aromatic rings. The van der Waals surface area contributed by atoms with Gasteiger partial charge in [-0.1, -0.05) is 53.9 Å². The standard InChI is InChI=1S/C33H58O3Si/c1-10-11-12-13-18-33(7,35)29-15-14-25-24-22-28(34)27-21-23(36-37(8,9)30(2,3)4)16-19-31(27,5)26(24)17-20-32(25,29)6/h23-29,34-35H,10-12,14-17,19-22H2,1-9H3/t23?,24-,25-,26-,27+,28-,29-,31+,32-,33-/m0/s1. The van der Waals surface area contributed by atoms with Crippen LogP contribution in [0.2, 0.25) is 18.1 Å². The molecule has 2 N–H and O–H groups in total. The van der Waals surface area contributed by atoms with Gasteiger partial charge in [-0.3, -0.25) is 0 Å². The zero-order chi connectivity index (χ0) is 27.4. The molecule has 4 heteroatoms. The predicted molar refractivity (Wildman–Crippen MR) is 157 cm³/mol. The molecule has 4 rings (SSSR count). The highest BCUT2D eigenvalue weighted by atomic mass is 28.4. The van der Waals surface area contributed by atoms with E-state index in [0.717, 1.165) is 44.9 Å². The second-order valence-electron chi connectivity index (χ2n) is 15.8. The van der Waals surface area contributed by atoms with Gasteiger partial charge < -0.3 is 14.6 Å². The van der Waals surface area contributed by atoms with Crippen LogP contribution in [-0.2, 0) is 4.43 Å². The molecule has 0 aromatic heterocycles. The molecule has 0 aromatic carbocycles. The van der Waals surface area contributed by atoms with Crippen LogP contribution in [-0.4, -0.2) is 36.3 Å². The van der Waals surface area contributed by atoms with Gasteiger partial charge in [0.2, 0.25) is 0 Å². The Morgan fingerprint density at radius 1 is 0.919 bits per heavy atom. The first-order valence-electron chi connectivity index (χ1n) is 15.6. The SMILES string of the molecule is CCCCC#C[C@](C)(O)[C@H]1CC[C@H]2[C@@H]3C[C@H](O)[C@H]4CC(O[Si](C)(C)C(C)(C)C)CC[C@]4(C)[C@H]3CC[C@@]21C. The molecule has 0 spiro atoms. The topological polar surface area (TPSA) is 49.7 Å². The van der Waals surface area contributed by atoms with Gasteiger partial charge in [0.05, 0.1) is 6.10 Å². The average Bonchev–Trinajstić information content (AvgIpc) is 3.15. The maximum absolute atomic E-state index is 11.7. The number of hydrogen-bond acceptors (Lipinski definition) is 3. The monoisotopic (exact) mass is 530 g/mol. The van der Waals surface area contributed by atoms with Crippen molar-refractivity contribution in [3.8, 4) is 11.8 Å². The van der Waals surface area contributed by atoms with Gasteiger partial charge in [-0.05, 0) is 117 Å². The van der Waals surface area contributed by atoms with Crippen molar-refractivity contribution in [2.75, 3.05) is 0 Å². The van der Waals surface area contributed by atoms with Gasteiger partial charge >= 0.3 is 0 Å². The summed E-state index contributed by atoms with van der Waals surface area (Å²) in [5.41, 5.74) is -0.587. The number of rotatable bonds is 5. The third-order valence-corrected chi connectivity index (χ3v) is 17.1. The van der Waals surface area contributed by atoms with Crippen molar-refractivity contribution in [1.29, 1.82) is 0 Å². The van der Waals surface area contributed by atoms with Crippen LogP contribution in [0.5, 0.6) is 0 Å². The molecule has 212 valence electrons. The maximum atomic E-state index is 11.7. The Labute approximate surface area is 230 Å². The van der Waals surface area contributed by atoms with Gasteiger partial charge in [0.15, 0.2) is 8.32 Å². The molecule has 4 saturated carbocycles. The van der Waals surface area contributed by atoms with E-state index in [1.54, 1.807) is 0 Å². The van der Waals surface area contributed by atoms with Crippen molar-refractivity contribution < 1.29 is 14.6 Å². The van der Waals surface area contributed by atoms with Crippen molar-refractivity contribution >= 4 is 8.32 Å². The van der Waals surface area contributed by atoms with E-state index >= 15 is 0 Å². The number of aliphatic hydroxyl groups excluding tert-OH is 1. The van der Waals surface area contributed by atoms with Crippen LogP contribution in [0.4, 0.5) is 0 Å². The average molecular weight is 531 g/mol. The van der Waals surface area contributed by atoms with Crippen LogP contribution < -0.4 is 0 Å². The molecule has 4 fully saturated rings. The smallest absolute Gasteiger partial charge is 0.192 e. The van der Waals surface area contributed by atoms with E-state index in [9.17, 15) is 10.2 Å². The fourth-order valence-corrected chi connectivity index (χ4v) is 10.9. The summed E-state index contributed by atoms with van der Waals surface area (Å²) in [7, 11) is -1.81. The largest absolute Gasteiger partial charge is 0.414 e. The van der Waals surface area contributed by atoms with E-state index < -0.39 is 13.9 Å².